The second-order valence-corrected chi connectivity index (χ2v) is 3.62. The lowest BCUT2D eigenvalue weighted by Crippen LogP contribution is -1.85. The summed E-state index contributed by atoms with van der Waals surface area (Å²) < 4.78 is 1.67. The highest BCUT2D eigenvalue weighted by Gasteiger charge is 2.05. The third-order valence-corrected chi connectivity index (χ3v) is 2.37. The molecule has 0 aliphatic carbocycles. The molecular weight excluding hydrogens is 212 g/mol. The number of hydrogen-bond acceptors (Lipinski definition) is 2. The van der Waals surface area contributed by atoms with Crippen molar-refractivity contribution in [1.29, 1.82) is 0 Å². The van der Waals surface area contributed by atoms with Gasteiger partial charge < -0.3 is 4.98 Å². The van der Waals surface area contributed by atoms with Crippen molar-refractivity contribution >= 4 is 17.2 Å². The summed E-state index contributed by atoms with van der Waals surface area (Å²) in [4.78, 5) is 7.34. The maximum absolute atomic E-state index is 5.86. The Morgan fingerprint density at radius 2 is 2.20 bits per heavy atom. The topological polar surface area (TPSA) is 46.0 Å². The van der Waals surface area contributed by atoms with Crippen LogP contribution < -0.4 is 0 Å². The van der Waals surface area contributed by atoms with E-state index < -0.39 is 0 Å². The SMILES string of the molecule is Clc1ccc2nc(-c3cc[nH]c3)nn2c1. The maximum Gasteiger partial charge on any atom is 0.183 e. The average molecular weight is 219 g/mol. The number of hydrogen-bond donors (Lipinski definition) is 1. The van der Waals surface area contributed by atoms with Crippen molar-refractivity contribution in [3.05, 3.63) is 41.8 Å². The molecule has 0 amide bonds. The van der Waals surface area contributed by atoms with E-state index in [2.05, 4.69) is 15.1 Å². The third-order valence-electron chi connectivity index (χ3n) is 2.15. The number of nitrogens with one attached hydrogen (secondary N) is 1. The number of aromatic amines is 1. The Morgan fingerprint density at radius 1 is 1.27 bits per heavy atom. The summed E-state index contributed by atoms with van der Waals surface area (Å²) >= 11 is 5.86. The first-order valence-electron chi connectivity index (χ1n) is 4.48. The van der Waals surface area contributed by atoms with E-state index in [1.165, 1.54) is 0 Å². The Bertz CT molecular complexity index is 597. The second-order valence-electron chi connectivity index (χ2n) is 3.19. The quantitative estimate of drug-likeness (QED) is 0.682. The largest absolute Gasteiger partial charge is 0.367 e. The van der Waals surface area contributed by atoms with Gasteiger partial charge in [-0.05, 0) is 18.2 Å². The van der Waals surface area contributed by atoms with Gasteiger partial charge in [0.15, 0.2) is 11.5 Å². The highest BCUT2D eigenvalue weighted by molar-refractivity contribution is 6.30. The molecule has 0 aromatic carbocycles. The minimum Gasteiger partial charge on any atom is -0.367 e. The van der Waals surface area contributed by atoms with E-state index in [1.807, 2.05) is 24.5 Å². The Hall–Kier alpha value is -1.81. The Kier molecular flexibility index (Phi) is 1.76. The van der Waals surface area contributed by atoms with Gasteiger partial charge in [0.05, 0.1) is 5.02 Å². The van der Waals surface area contributed by atoms with Crippen LogP contribution in [-0.4, -0.2) is 19.6 Å². The van der Waals surface area contributed by atoms with Gasteiger partial charge >= 0.3 is 0 Å². The minimum atomic E-state index is 0.646. The molecule has 3 aromatic heterocycles. The Labute approximate surface area is 90.5 Å². The van der Waals surface area contributed by atoms with Crippen LogP contribution in [0.4, 0.5) is 0 Å². The Morgan fingerprint density at radius 3 is 3.00 bits per heavy atom. The zero-order valence-corrected chi connectivity index (χ0v) is 8.44. The van der Waals surface area contributed by atoms with Gasteiger partial charge in [-0.1, -0.05) is 11.6 Å². The van der Waals surface area contributed by atoms with Gasteiger partial charge in [0.2, 0.25) is 0 Å². The van der Waals surface area contributed by atoms with Crippen LogP contribution in [0.15, 0.2) is 36.8 Å². The van der Waals surface area contributed by atoms with Crippen LogP contribution in [0.5, 0.6) is 0 Å². The van der Waals surface area contributed by atoms with E-state index in [1.54, 1.807) is 16.8 Å². The number of pyridine rings is 1. The minimum absolute atomic E-state index is 0.646. The number of H-pyrrole nitrogens is 1. The molecule has 0 bridgehead atoms. The highest BCUT2D eigenvalue weighted by atomic mass is 35.5. The van der Waals surface area contributed by atoms with Crippen LogP contribution in [0, 0.1) is 0 Å². The molecule has 0 saturated heterocycles. The van der Waals surface area contributed by atoms with Crippen molar-refractivity contribution in [2.24, 2.45) is 0 Å². The number of aromatic nitrogens is 4. The summed E-state index contributed by atoms with van der Waals surface area (Å²) in [5, 5.41) is 4.96. The summed E-state index contributed by atoms with van der Waals surface area (Å²) in [5.41, 5.74) is 1.76. The van der Waals surface area contributed by atoms with Gasteiger partial charge in [-0.25, -0.2) is 9.50 Å². The fourth-order valence-electron chi connectivity index (χ4n) is 1.44. The first-order valence-corrected chi connectivity index (χ1v) is 4.86. The van der Waals surface area contributed by atoms with Gasteiger partial charge in [0.1, 0.15) is 0 Å². The summed E-state index contributed by atoms with van der Waals surface area (Å²) in [7, 11) is 0. The Balaban J connectivity index is 2.22. The molecule has 0 atom stereocenters. The van der Waals surface area contributed by atoms with E-state index in [0.29, 0.717) is 10.8 Å². The zero-order valence-electron chi connectivity index (χ0n) is 7.68. The maximum atomic E-state index is 5.86. The first-order chi connectivity index (χ1) is 7.33. The molecule has 0 aliphatic rings. The fourth-order valence-corrected chi connectivity index (χ4v) is 1.60. The van der Waals surface area contributed by atoms with Crippen molar-refractivity contribution in [1.82, 2.24) is 19.6 Å². The molecule has 0 saturated carbocycles. The standard InChI is InChI=1S/C10H7ClN4/c11-8-1-2-9-13-10(14-15(9)6-8)7-3-4-12-5-7/h1-6,12H. The normalized spacial score (nSPS) is 11.0. The molecule has 0 radical (unpaired) electrons. The first kappa shape index (κ1) is 8.49. The molecule has 3 rings (SSSR count). The summed E-state index contributed by atoms with van der Waals surface area (Å²) in [5.74, 6) is 0.693. The lowest BCUT2D eigenvalue weighted by molar-refractivity contribution is 0.966. The van der Waals surface area contributed by atoms with Gasteiger partial charge in [-0.15, -0.1) is 5.10 Å². The fraction of sp³-hybridized carbons (Fsp3) is 0. The summed E-state index contributed by atoms with van der Waals surface area (Å²) in [6.45, 7) is 0. The van der Waals surface area contributed by atoms with Crippen molar-refractivity contribution in [2.45, 2.75) is 0 Å². The second kappa shape index (κ2) is 3.10. The molecule has 0 unspecified atom stereocenters. The molecular formula is C10H7ClN4. The van der Waals surface area contributed by atoms with Gasteiger partial charge in [0.25, 0.3) is 0 Å². The lowest BCUT2D eigenvalue weighted by atomic mass is 10.3. The van der Waals surface area contributed by atoms with Gasteiger partial charge in [-0.2, -0.15) is 0 Å². The van der Waals surface area contributed by atoms with E-state index in [9.17, 15) is 0 Å². The van der Waals surface area contributed by atoms with E-state index in [-0.39, 0.29) is 0 Å². The average Bonchev–Trinajstić information content (AvgIpc) is 2.84. The van der Waals surface area contributed by atoms with Gasteiger partial charge in [-0.3, -0.25) is 0 Å². The number of nitrogens with zero attached hydrogens (tertiary/aromatic N) is 3. The van der Waals surface area contributed by atoms with Crippen molar-refractivity contribution in [3.63, 3.8) is 0 Å². The van der Waals surface area contributed by atoms with E-state index in [4.69, 9.17) is 11.6 Å². The third kappa shape index (κ3) is 1.39. The number of halogens is 1. The van der Waals surface area contributed by atoms with Crippen LogP contribution in [0.2, 0.25) is 5.02 Å². The molecule has 74 valence electrons. The zero-order chi connectivity index (χ0) is 10.3. The van der Waals surface area contributed by atoms with Crippen LogP contribution in [0.1, 0.15) is 0 Å². The summed E-state index contributed by atoms with van der Waals surface area (Å²) in [6.07, 6.45) is 5.43. The smallest absolute Gasteiger partial charge is 0.183 e. The van der Waals surface area contributed by atoms with Crippen molar-refractivity contribution < 1.29 is 0 Å². The summed E-state index contributed by atoms with van der Waals surface area (Å²) in [6, 6.07) is 5.56. The highest BCUT2D eigenvalue weighted by Crippen LogP contribution is 2.16. The predicted octanol–water partition coefficient (Wildman–Crippen LogP) is 2.38. The van der Waals surface area contributed by atoms with Crippen molar-refractivity contribution in [3.8, 4) is 11.4 Å². The predicted molar refractivity (Wildman–Crippen MR) is 57.8 cm³/mol. The molecule has 0 spiro atoms. The number of rotatable bonds is 1. The van der Waals surface area contributed by atoms with E-state index in [0.717, 1.165) is 11.2 Å². The molecule has 15 heavy (non-hydrogen) atoms. The van der Waals surface area contributed by atoms with Crippen LogP contribution in [-0.2, 0) is 0 Å². The number of fused-ring (bicyclic) bond motifs is 1. The molecule has 4 nitrogen and oxygen atoms in total. The monoisotopic (exact) mass is 218 g/mol. The van der Waals surface area contributed by atoms with Crippen LogP contribution >= 0.6 is 11.6 Å². The molecule has 0 fully saturated rings. The molecule has 0 aliphatic heterocycles. The van der Waals surface area contributed by atoms with Gasteiger partial charge in [0, 0.05) is 24.2 Å². The molecule has 5 heteroatoms. The van der Waals surface area contributed by atoms with Crippen molar-refractivity contribution in [2.75, 3.05) is 0 Å². The van der Waals surface area contributed by atoms with E-state index >= 15 is 0 Å². The van der Waals surface area contributed by atoms with Crippen LogP contribution in [0.3, 0.4) is 0 Å². The molecule has 1 N–H and O–H groups in total. The molecule has 3 aromatic rings. The van der Waals surface area contributed by atoms with Crippen LogP contribution in [0.25, 0.3) is 17.0 Å². The molecule has 3 heterocycles. The lowest BCUT2D eigenvalue weighted by Gasteiger charge is -1.89.